The summed E-state index contributed by atoms with van der Waals surface area (Å²) in [5.74, 6) is -2.59. The SMILES string of the molecule is COC(=O)c1ccc2nc(Cc3cc(F)c(-c4nc(Cl)ncc4F)cc3F)n(CC3CCO3)c2c1. The summed E-state index contributed by atoms with van der Waals surface area (Å²) in [6.07, 6.45) is 1.54. The normalized spacial score (nSPS) is 15.3. The number of esters is 1. The zero-order valence-electron chi connectivity index (χ0n) is 18.4. The second-order valence-corrected chi connectivity index (χ2v) is 8.39. The standard InChI is InChI=1S/C24H18ClF3N4O3/c1-34-23(33)12-2-3-19-20(7-12)32(11-14-4-5-35-14)21(30-19)8-13-6-17(27)15(9-16(13)26)22-18(28)10-29-24(25)31-22/h2-3,6-7,9-10,14H,4-5,8,11H2,1H3. The van der Waals surface area contributed by atoms with Gasteiger partial charge in [0, 0.05) is 18.6 Å². The van der Waals surface area contributed by atoms with E-state index in [1.165, 1.54) is 7.11 Å². The van der Waals surface area contributed by atoms with E-state index in [1.807, 2.05) is 4.57 Å². The van der Waals surface area contributed by atoms with Crippen LogP contribution in [-0.4, -0.2) is 45.3 Å². The first-order valence-corrected chi connectivity index (χ1v) is 11.1. The van der Waals surface area contributed by atoms with Gasteiger partial charge in [-0.2, -0.15) is 0 Å². The molecule has 1 unspecified atom stereocenters. The topological polar surface area (TPSA) is 79.1 Å². The van der Waals surface area contributed by atoms with Crippen molar-refractivity contribution in [2.45, 2.75) is 25.5 Å². The summed E-state index contributed by atoms with van der Waals surface area (Å²) in [4.78, 5) is 23.8. The Kier molecular flexibility index (Phi) is 6.16. The van der Waals surface area contributed by atoms with Crippen LogP contribution in [0.2, 0.25) is 5.28 Å². The van der Waals surface area contributed by atoms with Crippen molar-refractivity contribution in [3.05, 3.63) is 76.2 Å². The molecule has 2 aromatic heterocycles. The van der Waals surface area contributed by atoms with Crippen LogP contribution in [0.5, 0.6) is 0 Å². The second-order valence-electron chi connectivity index (χ2n) is 8.05. The van der Waals surface area contributed by atoms with E-state index in [1.54, 1.807) is 18.2 Å². The molecule has 7 nitrogen and oxygen atoms in total. The summed E-state index contributed by atoms with van der Waals surface area (Å²) in [5, 5.41) is -0.288. The Labute approximate surface area is 202 Å². The largest absolute Gasteiger partial charge is 0.465 e. The molecule has 1 fully saturated rings. The summed E-state index contributed by atoms with van der Waals surface area (Å²) < 4.78 is 56.4. The fourth-order valence-electron chi connectivity index (χ4n) is 4.00. The van der Waals surface area contributed by atoms with Crippen LogP contribution in [0.3, 0.4) is 0 Å². The summed E-state index contributed by atoms with van der Waals surface area (Å²) in [7, 11) is 1.29. The van der Waals surface area contributed by atoms with Gasteiger partial charge in [-0.1, -0.05) is 0 Å². The van der Waals surface area contributed by atoms with Crippen molar-refractivity contribution < 1.29 is 27.4 Å². The highest BCUT2D eigenvalue weighted by Gasteiger charge is 2.24. The number of rotatable bonds is 6. The van der Waals surface area contributed by atoms with Crippen molar-refractivity contribution in [1.29, 1.82) is 0 Å². The third-order valence-corrected chi connectivity index (χ3v) is 6.06. The van der Waals surface area contributed by atoms with Gasteiger partial charge >= 0.3 is 5.97 Å². The molecule has 0 amide bonds. The molecule has 35 heavy (non-hydrogen) atoms. The third kappa shape index (κ3) is 4.46. The molecule has 1 saturated heterocycles. The predicted molar refractivity (Wildman–Crippen MR) is 121 cm³/mol. The number of benzene rings is 2. The molecule has 1 aliphatic rings. The van der Waals surface area contributed by atoms with Gasteiger partial charge in [0.25, 0.3) is 0 Å². The number of fused-ring (bicyclic) bond motifs is 1. The van der Waals surface area contributed by atoms with E-state index in [-0.39, 0.29) is 28.9 Å². The van der Waals surface area contributed by atoms with Crippen LogP contribution in [0.4, 0.5) is 13.2 Å². The maximum Gasteiger partial charge on any atom is 0.337 e. The molecule has 0 bridgehead atoms. The number of ether oxygens (including phenoxy) is 2. The predicted octanol–water partition coefficient (Wildman–Crippen LogP) is 4.73. The van der Waals surface area contributed by atoms with E-state index in [9.17, 15) is 13.6 Å². The smallest absolute Gasteiger partial charge is 0.337 e. The molecule has 0 spiro atoms. The van der Waals surface area contributed by atoms with Crippen LogP contribution in [0.25, 0.3) is 22.3 Å². The summed E-state index contributed by atoms with van der Waals surface area (Å²) in [5.41, 5.74) is 0.793. The zero-order chi connectivity index (χ0) is 24.7. The van der Waals surface area contributed by atoms with Gasteiger partial charge in [-0.25, -0.2) is 32.9 Å². The lowest BCUT2D eigenvalue weighted by Crippen LogP contribution is -2.31. The van der Waals surface area contributed by atoms with E-state index in [2.05, 4.69) is 15.0 Å². The maximum atomic E-state index is 15.1. The summed E-state index contributed by atoms with van der Waals surface area (Å²) in [6, 6.07) is 6.78. The minimum Gasteiger partial charge on any atom is -0.465 e. The van der Waals surface area contributed by atoms with Gasteiger partial charge < -0.3 is 14.0 Å². The summed E-state index contributed by atoms with van der Waals surface area (Å²) >= 11 is 5.70. The Hall–Kier alpha value is -3.50. The minimum atomic E-state index is -0.927. The highest BCUT2D eigenvalue weighted by Crippen LogP contribution is 2.29. The van der Waals surface area contributed by atoms with Crippen LogP contribution in [-0.2, 0) is 22.4 Å². The van der Waals surface area contributed by atoms with Crippen LogP contribution >= 0.6 is 11.6 Å². The second kappa shape index (κ2) is 9.27. The average molecular weight is 503 g/mol. The van der Waals surface area contributed by atoms with E-state index in [0.717, 1.165) is 24.8 Å². The molecule has 0 radical (unpaired) electrons. The highest BCUT2D eigenvalue weighted by atomic mass is 35.5. The number of hydrogen-bond acceptors (Lipinski definition) is 6. The van der Waals surface area contributed by atoms with E-state index in [0.29, 0.717) is 35.6 Å². The van der Waals surface area contributed by atoms with Crippen molar-refractivity contribution in [1.82, 2.24) is 19.5 Å². The quantitative estimate of drug-likeness (QED) is 0.280. The van der Waals surface area contributed by atoms with Crippen LogP contribution in [0.15, 0.2) is 36.5 Å². The molecule has 1 atom stereocenters. The van der Waals surface area contributed by atoms with Crippen molar-refractivity contribution >= 4 is 28.6 Å². The zero-order valence-corrected chi connectivity index (χ0v) is 19.2. The first-order valence-electron chi connectivity index (χ1n) is 10.7. The first kappa shape index (κ1) is 23.3. The number of hydrogen-bond donors (Lipinski definition) is 0. The number of carbonyl (C=O) groups excluding carboxylic acids is 1. The van der Waals surface area contributed by atoms with Gasteiger partial charge in [0.2, 0.25) is 5.28 Å². The van der Waals surface area contributed by atoms with E-state index < -0.39 is 29.1 Å². The first-order chi connectivity index (χ1) is 16.8. The highest BCUT2D eigenvalue weighted by molar-refractivity contribution is 6.28. The van der Waals surface area contributed by atoms with Crippen molar-refractivity contribution in [3.8, 4) is 11.3 Å². The van der Waals surface area contributed by atoms with Crippen molar-refractivity contribution in [2.24, 2.45) is 0 Å². The molecule has 4 aromatic rings. The average Bonchev–Trinajstić information content (AvgIpc) is 3.15. The number of carbonyl (C=O) groups is 1. The third-order valence-electron chi connectivity index (χ3n) is 5.88. The number of nitrogens with zero attached hydrogens (tertiary/aromatic N) is 4. The van der Waals surface area contributed by atoms with Crippen LogP contribution < -0.4 is 0 Å². The number of imidazole rings is 1. The number of halogens is 4. The van der Waals surface area contributed by atoms with E-state index in [4.69, 9.17) is 21.1 Å². The Balaban J connectivity index is 1.55. The molecule has 5 rings (SSSR count). The summed E-state index contributed by atoms with van der Waals surface area (Å²) in [6.45, 7) is 1.08. The van der Waals surface area contributed by atoms with Crippen molar-refractivity contribution in [2.75, 3.05) is 13.7 Å². The van der Waals surface area contributed by atoms with Crippen molar-refractivity contribution in [3.63, 3.8) is 0 Å². The van der Waals surface area contributed by atoms with Crippen LogP contribution in [0.1, 0.15) is 28.2 Å². The molecular weight excluding hydrogens is 485 g/mol. The monoisotopic (exact) mass is 502 g/mol. The van der Waals surface area contributed by atoms with Gasteiger partial charge in [-0.3, -0.25) is 0 Å². The molecular formula is C24H18ClF3N4O3. The Morgan fingerprint density at radius 1 is 1.17 bits per heavy atom. The van der Waals surface area contributed by atoms with Crippen LogP contribution in [0, 0.1) is 17.5 Å². The Bertz CT molecular complexity index is 1460. The Morgan fingerprint density at radius 3 is 2.69 bits per heavy atom. The molecule has 180 valence electrons. The molecule has 0 aliphatic carbocycles. The lowest BCUT2D eigenvalue weighted by Gasteiger charge is -2.27. The molecule has 3 heterocycles. The molecule has 0 N–H and O–H groups in total. The van der Waals surface area contributed by atoms with Gasteiger partial charge in [0.15, 0.2) is 5.82 Å². The van der Waals surface area contributed by atoms with Gasteiger partial charge in [0.05, 0.1) is 42.6 Å². The molecule has 2 aromatic carbocycles. The molecule has 0 saturated carbocycles. The van der Waals surface area contributed by atoms with E-state index >= 15 is 4.39 Å². The number of aromatic nitrogens is 4. The number of methoxy groups -OCH3 is 1. The maximum absolute atomic E-state index is 15.1. The lowest BCUT2D eigenvalue weighted by molar-refractivity contribution is -0.0589. The van der Waals surface area contributed by atoms with Gasteiger partial charge in [-0.05, 0) is 53.9 Å². The van der Waals surface area contributed by atoms with Gasteiger partial charge in [0.1, 0.15) is 23.2 Å². The fraction of sp³-hybridized carbons (Fsp3) is 0.250. The minimum absolute atomic E-state index is 0.0195. The Morgan fingerprint density at radius 2 is 1.97 bits per heavy atom. The molecule has 11 heteroatoms. The lowest BCUT2D eigenvalue weighted by atomic mass is 10.0. The molecule has 1 aliphatic heterocycles. The van der Waals surface area contributed by atoms with Gasteiger partial charge in [-0.15, -0.1) is 0 Å². The fourth-order valence-corrected chi connectivity index (χ4v) is 4.13.